The average Bonchev–Trinajstić information content (AvgIpc) is 2.77. The number of benzene rings is 2. The Balaban J connectivity index is 2.08. The van der Waals surface area contributed by atoms with Gasteiger partial charge in [0.15, 0.2) is 0 Å². The van der Waals surface area contributed by atoms with E-state index in [-0.39, 0.29) is 17.4 Å². The van der Waals surface area contributed by atoms with Crippen molar-refractivity contribution in [3.8, 4) is 0 Å². The molecule has 1 aliphatic rings. The van der Waals surface area contributed by atoms with Crippen LogP contribution < -0.4 is 4.90 Å². The Hall–Kier alpha value is -2.95. The molecule has 0 aliphatic carbocycles. The molecule has 2 amide bonds. The fraction of sp³-hybridized carbons (Fsp3) is 0. The van der Waals surface area contributed by atoms with Crippen LogP contribution in [0.25, 0.3) is 10.8 Å². The maximum Gasteiger partial charge on any atom is 0.335 e. The van der Waals surface area contributed by atoms with Crippen LogP contribution in [0, 0.1) is 0 Å². The van der Waals surface area contributed by atoms with E-state index in [0.29, 0.717) is 5.69 Å². The van der Waals surface area contributed by atoms with Gasteiger partial charge in [-0.25, -0.2) is 9.69 Å². The number of imide groups is 1. The minimum atomic E-state index is -0.995. The number of anilines is 1. The lowest BCUT2D eigenvalue weighted by molar-refractivity contribution is -0.119. The summed E-state index contributed by atoms with van der Waals surface area (Å²) in [6.45, 7) is 0. The lowest BCUT2D eigenvalue weighted by atomic mass is 10.1. The molecular formula is C15H9NO4. The van der Waals surface area contributed by atoms with Gasteiger partial charge in [-0.1, -0.05) is 12.1 Å². The average molecular weight is 267 g/mol. The molecule has 20 heavy (non-hydrogen) atoms. The number of rotatable bonds is 2. The highest BCUT2D eigenvalue weighted by molar-refractivity contribution is 6.28. The molecule has 0 atom stereocenters. The second kappa shape index (κ2) is 4.31. The molecule has 1 N–H and O–H groups in total. The Bertz CT molecular complexity index is 774. The van der Waals surface area contributed by atoms with E-state index in [9.17, 15) is 14.4 Å². The second-order valence-corrected chi connectivity index (χ2v) is 4.40. The highest BCUT2D eigenvalue weighted by Gasteiger charge is 2.25. The van der Waals surface area contributed by atoms with Gasteiger partial charge in [0.05, 0.1) is 11.3 Å². The Labute approximate surface area is 113 Å². The first kappa shape index (κ1) is 12.1. The lowest BCUT2D eigenvalue weighted by Crippen LogP contribution is -2.29. The third-order valence-corrected chi connectivity index (χ3v) is 3.14. The van der Waals surface area contributed by atoms with Crippen molar-refractivity contribution >= 4 is 34.2 Å². The van der Waals surface area contributed by atoms with Crippen molar-refractivity contribution < 1.29 is 19.5 Å². The maximum absolute atomic E-state index is 11.6. The summed E-state index contributed by atoms with van der Waals surface area (Å²) in [4.78, 5) is 35.2. The van der Waals surface area contributed by atoms with Gasteiger partial charge in [-0.05, 0) is 35.0 Å². The highest BCUT2D eigenvalue weighted by atomic mass is 16.4. The Morgan fingerprint density at radius 2 is 1.50 bits per heavy atom. The molecule has 0 aromatic heterocycles. The minimum Gasteiger partial charge on any atom is -0.478 e. The Kier molecular flexibility index (Phi) is 2.61. The van der Waals surface area contributed by atoms with Crippen molar-refractivity contribution in [1.82, 2.24) is 0 Å². The van der Waals surface area contributed by atoms with Gasteiger partial charge in [-0.3, -0.25) is 9.59 Å². The molecule has 0 fully saturated rings. The van der Waals surface area contributed by atoms with E-state index in [1.807, 2.05) is 0 Å². The number of carboxylic acid groups (broad SMARTS) is 1. The number of hydrogen-bond donors (Lipinski definition) is 1. The maximum atomic E-state index is 11.6. The zero-order chi connectivity index (χ0) is 14.3. The van der Waals surface area contributed by atoms with Crippen LogP contribution in [0.2, 0.25) is 0 Å². The first-order valence-electron chi connectivity index (χ1n) is 5.89. The molecule has 1 aliphatic heterocycles. The number of carbonyl (C=O) groups excluding carboxylic acids is 2. The van der Waals surface area contributed by atoms with Crippen molar-refractivity contribution in [3.05, 3.63) is 54.1 Å². The normalized spacial score (nSPS) is 14.3. The van der Waals surface area contributed by atoms with E-state index < -0.39 is 5.97 Å². The van der Waals surface area contributed by atoms with Crippen LogP contribution in [0.3, 0.4) is 0 Å². The standard InChI is InChI=1S/C15H9NO4/c17-13-5-6-14(18)16(13)12-4-3-9-7-11(15(19)20)2-1-10(9)8-12/h1-8H,(H,19,20). The van der Waals surface area contributed by atoms with Crippen LogP contribution in [-0.2, 0) is 9.59 Å². The molecule has 0 unspecified atom stereocenters. The van der Waals surface area contributed by atoms with Gasteiger partial charge in [0.25, 0.3) is 11.8 Å². The first-order valence-corrected chi connectivity index (χ1v) is 5.89. The molecule has 2 aromatic rings. The topological polar surface area (TPSA) is 74.7 Å². The predicted molar refractivity (Wildman–Crippen MR) is 72.5 cm³/mol. The van der Waals surface area contributed by atoms with Crippen LogP contribution in [0.15, 0.2) is 48.6 Å². The molecule has 1 heterocycles. The molecule has 0 spiro atoms. The number of aromatic carboxylic acids is 1. The van der Waals surface area contributed by atoms with E-state index in [2.05, 4.69) is 0 Å². The van der Waals surface area contributed by atoms with E-state index in [1.165, 1.54) is 18.2 Å². The molecule has 0 radical (unpaired) electrons. The molecule has 5 nitrogen and oxygen atoms in total. The number of fused-ring (bicyclic) bond motifs is 1. The van der Waals surface area contributed by atoms with Gasteiger partial charge >= 0.3 is 5.97 Å². The molecule has 2 aromatic carbocycles. The van der Waals surface area contributed by atoms with E-state index in [1.54, 1.807) is 30.3 Å². The fourth-order valence-corrected chi connectivity index (χ4v) is 2.16. The van der Waals surface area contributed by atoms with Crippen molar-refractivity contribution in [3.63, 3.8) is 0 Å². The van der Waals surface area contributed by atoms with Crippen LogP contribution in [0.5, 0.6) is 0 Å². The van der Waals surface area contributed by atoms with Gasteiger partial charge in [-0.15, -0.1) is 0 Å². The fourth-order valence-electron chi connectivity index (χ4n) is 2.16. The number of carbonyl (C=O) groups is 3. The highest BCUT2D eigenvalue weighted by Crippen LogP contribution is 2.25. The summed E-state index contributed by atoms with van der Waals surface area (Å²) < 4.78 is 0. The van der Waals surface area contributed by atoms with E-state index in [0.717, 1.165) is 15.7 Å². The summed E-state index contributed by atoms with van der Waals surface area (Å²) in [5.74, 6) is -1.75. The quantitative estimate of drug-likeness (QED) is 0.844. The summed E-state index contributed by atoms with van der Waals surface area (Å²) in [6, 6.07) is 9.69. The Morgan fingerprint density at radius 1 is 0.900 bits per heavy atom. The van der Waals surface area contributed by atoms with Gasteiger partial charge in [0.2, 0.25) is 0 Å². The summed E-state index contributed by atoms with van der Waals surface area (Å²) in [5, 5.41) is 10.4. The van der Waals surface area contributed by atoms with E-state index in [4.69, 9.17) is 5.11 Å². The molecule has 0 saturated carbocycles. The third kappa shape index (κ3) is 1.85. The molecule has 0 saturated heterocycles. The summed E-state index contributed by atoms with van der Waals surface area (Å²) in [7, 11) is 0. The van der Waals surface area contributed by atoms with Gasteiger partial charge in [0.1, 0.15) is 0 Å². The summed E-state index contributed by atoms with van der Waals surface area (Å²) in [6.07, 6.45) is 2.44. The monoisotopic (exact) mass is 267 g/mol. The van der Waals surface area contributed by atoms with Crippen molar-refractivity contribution in [1.29, 1.82) is 0 Å². The third-order valence-electron chi connectivity index (χ3n) is 3.14. The van der Waals surface area contributed by atoms with E-state index >= 15 is 0 Å². The molecule has 0 bridgehead atoms. The summed E-state index contributed by atoms with van der Waals surface area (Å²) >= 11 is 0. The molecular weight excluding hydrogens is 258 g/mol. The van der Waals surface area contributed by atoms with Gasteiger partial charge in [0, 0.05) is 12.2 Å². The van der Waals surface area contributed by atoms with Gasteiger partial charge in [-0.2, -0.15) is 0 Å². The Morgan fingerprint density at radius 3 is 2.15 bits per heavy atom. The van der Waals surface area contributed by atoms with Crippen LogP contribution in [0.1, 0.15) is 10.4 Å². The molecule has 98 valence electrons. The number of hydrogen-bond acceptors (Lipinski definition) is 3. The zero-order valence-corrected chi connectivity index (χ0v) is 10.2. The molecule has 5 heteroatoms. The zero-order valence-electron chi connectivity index (χ0n) is 10.2. The van der Waals surface area contributed by atoms with Crippen molar-refractivity contribution in [2.24, 2.45) is 0 Å². The first-order chi connectivity index (χ1) is 9.56. The lowest BCUT2D eigenvalue weighted by Gasteiger charge is -2.14. The smallest absolute Gasteiger partial charge is 0.335 e. The summed E-state index contributed by atoms with van der Waals surface area (Å²) in [5.41, 5.74) is 0.667. The number of nitrogens with zero attached hydrogens (tertiary/aromatic N) is 1. The van der Waals surface area contributed by atoms with Gasteiger partial charge < -0.3 is 5.11 Å². The van der Waals surface area contributed by atoms with Crippen molar-refractivity contribution in [2.45, 2.75) is 0 Å². The SMILES string of the molecule is O=C(O)c1ccc2cc(N3C(=O)C=CC3=O)ccc2c1. The second-order valence-electron chi connectivity index (χ2n) is 4.40. The van der Waals surface area contributed by atoms with Crippen molar-refractivity contribution in [2.75, 3.05) is 4.90 Å². The number of carboxylic acids is 1. The van der Waals surface area contributed by atoms with Crippen LogP contribution >= 0.6 is 0 Å². The molecule has 3 rings (SSSR count). The number of amides is 2. The minimum absolute atomic E-state index is 0.195. The van der Waals surface area contributed by atoms with Crippen LogP contribution in [-0.4, -0.2) is 22.9 Å². The predicted octanol–water partition coefficient (Wildman–Crippen LogP) is 1.97. The largest absolute Gasteiger partial charge is 0.478 e. The van der Waals surface area contributed by atoms with Crippen LogP contribution in [0.4, 0.5) is 5.69 Å².